The van der Waals surface area contributed by atoms with Gasteiger partial charge in [0.05, 0.1) is 19.6 Å². The highest BCUT2D eigenvalue weighted by Gasteiger charge is 2.21. The largest absolute Gasteiger partial charge is 0.493 e. The van der Waals surface area contributed by atoms with Crippen molar-refractivity contribution in [1.82, 2.24) is 9.55 Å². The van der Waals surface area contributed by atoms with Gasteiger partial charge >= 0.3 is 0 Å². The van der Waals surface area contributed by atoms with E-state index >= 15 is 0 Å². The van der Waals surface area contributed by atoms with Gasteiger partial charge in [0, 0.05) is 18.0 Å². The lowest BCUT2D eigenvalue weighted by Gasteiger charge is -2.14. The van der Waals surface area contributed by atoms with E-state index in [2.05, 4.69) is 5.32 Å². The van der Waals surface area contributed by atoms with Crippen molar-refractivity contribution in [2.24, 2.45) is 0 Å². The molecule has 29 heavy (non-hydrogen) atoms. The quantitative estimate of drug-likeness (QED) is 0.634. The smallest absolute Gasteiger partial charge is 0.263 e. The molecule has 0 aliphatic heterocycles. The van der Waals surface area contributed by atoms with E-state index in [0.29, 0.717) is 19.0 Å². The summed E-state index contributed by atoms with van der Waals surface area (Å²) in [4.78, 5) is 20.2. The highest BCUT2D eigenvalue weighted by Crippen LogP contribution is 2.34. The Kier molecular flexibility index (Phi) is 5.76. The number of thiophene rings is 1. The minimum atomic E-state index is 0.0884. The molecule has 0 fully saturated rings. The summed E-state index contributed by atoms with van der Waals surface area (Å²) in [5, 5.41) is 4.22. The number of methoxy groups -OCH3 is 2. The maximum Gasteiger partial charge on any atom is 0.263 e. The van der Waals surface area contributed by atoms with Gasteiger partial charge in [0.2, 0.25) is 5.95 Å². The predicted octanol–water partition coefficient (Wildman–Crippen LogP) is 4.03. The van der Waals surface area contributed by atoms with E-state index in [9.17, 15) is 4.79 Å². The van der Waals surface area contributed by atoms with E-state index in [1.165, 1.54) is 16.9 Å². The van der Waals surface area contributed by atoms with Crippen molar-refractivity contribution in [3.05, 3.63) is 44.6 Å². The maximum atomic E-state index is 13.2. The van der Waals surface area contributed by atoms with Crippen LogP contribution in [0.15, 0.2) is 23.0 Å². The van der Waals surface area contributed by atoms with Gasteiger partial charge in [-0.25, -0.2) is 4.98 Å². The normalized spacial score (nSPS) is 13.3. The number of hydrogen-bond donors (Lipinski definition) is 1. The molecule has 154 valence electrons. The fourth-order valence-corrected chi connectivity index (χ4v) is 5.27. The van der Waals surface area contributed by atoms with Gasteiger partial charge < -0.3 is 14.8 Å². The van der Waals surface area contributed by atoms with Gasteiger partial charge in [-0.15, -0.1) is 11.3 Å². The lowest BCUT2D eigenvalue weighted by molar-refractivity contribution is 0.354. The number of nitrogens with zero attached hydrogens (tertiary/aromatic N) is 2. The number of benzene rings is 1. The lowest BCUT2D eigenvalue weighted by atomic mass is 9.97. The SMILES string of the molecule is CCn1c(NCCc2ccc(OC)c(OC)c2)nc2sc3c(c2c1=O)CCCC3. The number of aromatic nitrogens is 2. The molecule has 0 radical (unpaired) electrons. The summed E-state index contributed by atoms with van der Waals surface area (Å²) in [6.07, 6.45) is 5.24. The molecule has 3 aromatic rings. The summed E-state index contributed by atoms with van der Waals surface area (Å²) in [5.74, 6) is 2.10. The molecule has 1 aliphatic carbocycles. The predicted molar refractivity (Wildman–Crippen MR) is 118 cm³/mol. The molecule has 4 rings (SSSR count). The Morgan fingerprint density at radius 2 is 1.97 bits per heavy atom. The average molecular weight is 414 g/mol. The van der Waals surface area contributed by atoms with Crippen molar-refractivity contribution in [3.63, 3.8) is 0 Å². The van der Waals surface area contributed by atoms with Crippen molar-refractivity contribution in [2.45, 2.75) is 45.6 Å². The Labute approximate surface area is 174 Å². The van der Waals surface area contributed by atoms with Crippen LogP contribution in [0.4, 0.5) is 5.95 Å². The number of anilines is 1. The Balaban J connectivity index is 1.57. The van der Waals surface area contributed by atoms with Crippen LogP contribution in [-0.2, 0) is 25.8 Å². The van der Waals surface area contributed by atoms with Crippen LogP contribution in [0.1, 0.15) is 35.8 Å². The van der Waals surface area contributed by atoms with Gasteiger partial charge in [-0.1, -0.05) is 6.07 Å². The maximum absolute atomic E-state index is 13.2. The molecule has 2 aromatic heterocycles. The number of hydrogen-bond acceptors (Lipinski definition) is 6. The Morgan fingerprint density at radius 3 is 2.72 bits per heavy atom. The van der Waals surface area contributed by atoms with Crippen molar-refractivity contribution in [1.29, 1.82) is 0 Å². The van der Waals surface area contributed by atoms with E-state index < -0.39 is 0 Å². The second-order valence-electron chi connectivity index (χ2n) is 7.24. The number of ether oxygens (including phenoxy) is 2. The molecule has 7 heteroatoms. The molecule has 0 spiro atoms. The first-order valence-electron chi connectivity index (χ1n) is 10.2. The average Bonchev–Trinajstić information content (AvgIpc) is 3.12. The van der Waals surface area contributed by atoms with Gasteiger partial charge in [-0.05, 0) is 62.3 Å². The van der Waals surface area contributed by atoms with Crippen LogP contribution in [0.5, 0.6) is 11.5 Å². The van der Waals surface area contributed by atoms with Crippen LogP contribution in [-0.4, -0.2) is 30.3 Å². The van der Waals surface area contributed by atoms with Crippen molar-refractivity contribution >= 4 is 27.5 Å². The highest BCUT2D eigenvalue weighted by atomic mass is 32.1. The number of fused-ring (bicyclic) bond motifs is 3. The van der Waals surface area contributed by atoms with Crippen LogP contribution in [0.25, 0.3) is 10.2 Å². The van der Waals surface area contributed by atoms with Gasteiger partial charge in [0.25, 0.3) is 5.56 Å². The summed E-state index contributed by atoms with van der Waals surface area (Å²) in [7, 11) is 3.27. The second kappa shape index (κ2) is 8.45. The standard InChI is InChI=1S/C22H27N3O3S/c1-4-25-21(26)19-15-7-5-6-8-18(15)29-20(19)24-22(25)23-12-11-14-9-10-16(27-2)17(13-14)28-3/h9-10,13H,4-8,11-12H2,1-3H3,(H,23,24). The molecule has 1 N–H and O–H groups in total. The first-order valence-corrected chi connectivity index (χ1v) is 11.0. The fourth-order valence-electron chi connectivity index (χ4n) is 4.02. The summed E-state index contributed by atoms with van der Waals surface area (Å²) in [6, 6.07) is 5.92. The van der Waals surface area contributed by atoms with Crippen LogP contribution >= 0.6 is 11.3 Å². The van der Waals surface area contributed by atoms with Gasteiger partial charge in [0.1, 0.15) is 4.83 Å². The Morgan fingerprint density at radius 1 is 1.17 bits per heavy atom. The molecule has 0 unspecified atom stereocenters. The molecular weight excluding hydrogens is 386 g/mol. The lowest BCUT2D eigenvalue weighted by Crippen LogP contribution is -2.25. The first kappa shape index (κ1) is 19.8. The molecule has 2 heterocycles. The number of rotatable bonds is 7. The van der Waals surface area contributed by atoms with Gasteiger partial charge in [0.15, 0.2) is 11.5 Å². The zero-order valence-electron chi connectivity index (χ0n) is 17.2. The fraction of sp³-hybridized carbons (Fsp3) is 0.455. The molecule has 1 aromatic carbocycles. The zero-order valence-corrected chi connectivity index (χ0v) is 18.0. The van der Waals surface area contributed by atoms with Crippen molar-refractivity contribution in [2.75, 3.05) is 26.1 Å². The topological polar surface area (TPSA) is 65.4 Å². The third kappa shape index (κ3) is 3.71. The van der Waals surface area contributed by atoms with E-state index in [-0.39, 0.29) is 5.56 Å². The molecule has 6 nitrogen and oxygen atoms in total. The van der Waals surface area contributed by atoms with Crippen LogP contribution in [0.2, 0.25) is 0 Å². The van der Waals surface area contributed by atoms with Crippen LogP contribution < -0.4 is 20.3 Å². The minimum Gasteiger partial charge on any atom is -0.493 e. The van der Waals surface area contributed by atoms with E-state index in [1.54, 1.807) is 30.1 Å². The Bertz CT molecular complexity index is 1090. The minimum absolute atomic E-state index is 0.0884. The van der Waals surface area contributed by atoms with E-state index in [1.807, 2.05) is 25.1 Å². The monoisotopic (exact) mass is 413 g/mol. The first-order chi connectivity index (χ1) is 14.2. The Hall–Kier alpha value is -2.54. The molecule has 0 bridgehead atoms. The summed E-state index contributed by atoms with van der Waals surface area (Å²) >= 11 is 1.69. The molecule has 0 atom stereocenters. The molecule has 0 saturated carbocycles. The zero-order chi connectivity index (χ0) is 20.4. The third-order valence-corrected chi connectivity index (χ3v) is 6.72. The highest BCUT2D eigenvalue weighted by molar-refractivity contribution is 7.18. The van der Waals surface area contributed by atoms with Gasteiger partial charge in [-0.2, -0.15) is 0 Å². The van der Waals surface area contributed by atoms with Crippen molar-refractivity contribution in [3.8, 4) is 11.5 Å². The van der Waals surface area contributed by atoms with Crippen LogP contribution in [0, 0.1) is 0 Å². The van der Waals surface area contributed by atoms with Crippen LogP contribution in [0.3, 0.4) is 0 Å². The third-order valence-electron chi connectivity index (χ3n) is 5.54. The van der Waals surface area contributed by atoms with Crippen molar-refractivity contribution < 1.29 is 9.47 Å². The van der Waals surface area contributed by atoms with E-state index in [4.69, 9.17) is 14.5 Å². The number of nitrogens with one attached hydrogen (secondary N) is 1. The second-order valence-corrected chi connectivity index (χ2v) is 8.33. The molecule has 0 amide bonds. The van der Waals surface area contributed by atoms with E-state index in [0.717, 1.165) is 53.0 Å². The van der Waals surface area contributed by atoms with Gasteiger partial charge in [-0.3, -0.25) is 9.36 Å². The molecular formula is C22H27N3O3S. The number of aryl methyl sites for hydroxylation is 2. The summed E-state index contributed by atoms with van der Waals surface area (Å²) < 4.78 is 12.4. The molecule has 0 saturated heterocycles. The summed E-state index contributed by atoms with van der Waals surface area (Å²) in [5.41, 5.74) is 2.46. The summed E-state index contributed by atoms with van der Waals surface area (Å²) in [6.45, 7) is 3.27. The molecule has 1 aliphatic rings.